The molecule has 4 saturated carbocycles. The van der Waals surface area contributed by atoms with Crippen molar-refractivity contribution in [3.8, 4) is 0 Å². The van der Waals surface area contributed by atoms with Gasteiger partial charge < -0.3 is 40.1 Å². The van der Waals surface area contributed by atoms with E-state index in [-0.39, 0.29) is 40.6 Å². The third-order valence-electron chi connectivity index (χ3n) is 14.9. The molecule has 5 aliphatic carbocycles. The van der Waals surface area contributed by atoms with Crippen molar-refractivity contribution in [2.45, 2.75) is 136 Å². The Hall–Kier alpha value is -1.56. The molecule has 0 bridgehead atoms. The van der Waals surface area contributed by atoms with Crippen LogP contribution in [0.4, 0.5) is 0 Å². The molecule has 5 fully saturated rings. The van der Waals surface area contributed by atoms with Crippen LogP contribution in [0.15, 0.2) is 11.6 Å². The number of hydrogen-bond donors (Lipinski definition) is 6. The Morgan fingerprint density at radius 1 is 0.844 bits per heavy atom. The van der Waals surface area contributed by atoms with E-state index in [2.05, 4.69) is 40.7 Å². The lowest BCUT2D eigenvalue weighted by molar-refractivity contribution is -0.308. The number of fused-ring (bicyclic) bond motifs is 7. The van der Waals surface area contributed by atoms with Crippen LogP contribution < -0.4 is 0 Å². The number of aliphatic carboxylic acids is 2. The van der Waals surface area contributed by atoms with E-state index in [1.165, 1.54) is 5.57 Å². The van der Waals surface area contributed by atoms with Crippen molar-refractivity contribution >= 4 is 11.9 Å². The molecule has 0 aromatic rings. The molecule has 0 spiro atoms. The molecule has 10 nitrogen and oxygen atoms in total. The number of carboxylic acids is 2. The Morgan fingerprint density at radius 3 is 2.18 bits per heavy atom. The quantitative estimate of drug-likeness (QED) is 0.198. The van der Waals surface area contributed by atoms with Gasteiger partial charge in [-0.2, -0.15) is 0 Å². The number of rotatable bonds is 4. The predicted octanol–water partition coefficient (Wildman–Crippen LogP) is 3.73. The van der Waals surface area contributed by atoms with Crippen molar-refractivity contribution < 1.29 is 49.7 Å². The zero-order valence-electron chi connectivity index (χ0n) is 27.7. The molecule has 0 aromatic heterocycles. The summed E-state index contributed by atoms with van der Waals surface area (Å²) in [4.78, 5) is 26.2. The van der Waals surface area contributed by atoms with E-state index in [9.17, 15) is 40.2 Å². The van der Waals surface area contributed by atoms with Crippen LogP contribution in [0.1, 0.15) is 99.3 Å². The Morgan fingerprint density at radius 2 is 1.53 bits per heavy atom. The summed E-state index contributed by atoms with van der Waals surface area (Å²) in [5.41, 5.74) is -2.44. The maximum atomic E-state index is 13.2. The van der Waals surface area contributed by atoms with Gasteiger partial charge in [0.25, 0.3) is 0 Å². The molecule has 0 radical (unpaired) electrons. The standard InChI is InChI=1S/C35H54O10/c1-30(2)13-14-35(29(42)43)19(15-30)18-7-8-21-31(3)11-10-24(45-27-26(39)25(38)20(36)17-44-27)34(6,28(40)41)22(31)9-12-32(21,4)33(18,5)16-23(35)37/h7,19-27,36-39H,8-17H2,1-6H3,(H,40,41)(H,42,43)/t19-,20+,21-,22+,23+,24-,25-,26+,27-,31+,32+,33+,34-,35+/m0/s1. The second-order valence-electron chi connectivity index (χ2n) is 17.3. The topological polar surface area (TPSA) is 174 Å². The van der Waals surface area contributed by atoms with Crippen LogP contribution in [-0.4, -0.2) is 86.0 Å². The van der Waals surface area contributed by atoms with Gasteiger partial charge in [0.2, 0.25) is 0 Å². The van der Waals surface area contributed by atoms with Gasteiger partial charge in [-0.15, -0.1) is 0 Å². The summed E-state index contributed by atoms with van der Waals surface area (Å²) >= 11 is 0. The summed E-state index contributed by atoms with van der Waals surface area (Å²) < 4.78 is 11.7. The fourth-order valence-electron chi connectivity index (χ4n) is 12.0. The second kappa shape index (κ2) is 10.5. The van der Waals surface area contributed by atoms with E-state index in [4.69, 9.17) is 9.47 Å². The van der Waals surface area contributed by atoms with Crippen LogP contribution in [0.2, 0.25) is 0 Å². The van der Waals surface area contributed by atoms with Crippen LogP contribution in [0, 0.1) is 50.2 Å². The van der Waals surface area contributed by atoms with Gasteiger partial charge in [-0.25, -0.2) is 0 Å². The lowest BCUT2D eigenvalue weighted by Gasteiger charge is -2.71. The molecule has 1 heterocycles. The first-order valence-corrected chi connectivity index (χ1v) is 17.0. The minimum atomic E-state index is -1.50. The van der Waals surface area contributed by atoms with Crippen molar-refractivity contribution in [1.29, 1.82) is 0 Å². The molecular weight excluding hydrogens is 580 g/mol. The third-order valence-corrected chi connectivity index (χ3v) is 14.9. The first-order chi connectivity index (χ1) is 20.8. The fraction of sp³-hybridized carbons (Fsp3) is 0.886. The van der Waals surface area contributed by atoms with E-state index in [1.54, 1.807) is 6.92 Å². The van der Waals surface area contributed by atoms with Gasteiger partial charge in [-0.05, 0) is 104 Å². The number of allylic oxidation sites excluding steroid dienone is 2. The monoisotopic (exact) mass is 634 g/mol. The highest BCUT2D eigenvalue weighted by Crippen LogP contribution is 2.76. The molecule has 14 atom stereocenters. The maximum Gasteiger partial charge on any atom is 0.312 e. The minimum absolute atomic E-state index is 0.0325. The summed E-state index contributed by atoms with van der Waals surface area (Å²) in [6.45, 7) is 12.7. The van der Waals surface area contributed by atoms with Gasteiger partial charge in [0.05, 0.1) is 24.2 Å². The van der Waals surface area contributed by atoms with E-state index in [0.717, 1.165) is 25.7 Å². The highest BCUT2D eigenvalue weighted by Gasteiger charge is 2.72. The average Bonchev–Trinajstić information content (AvgIpc) is 2.94. The van der Waals surface area contributed by atoms with E-state index >= 15 is 0 Å². The van der Waals surface area contributed by atoms with Gasteiger partial charge in [-0.1, -0.05) is 46.3 Å². The van der Waals surface area contributed by atoms with E-state index in [1.807, 2.05) is 0 Å². The van der Waals surface area contributed by atoms with Gasteiger partial charge in [0, 0.05) is 0 Å². The smallest absolute Gasteiger partial charge is 0.312 e. The first-order valence-electron chi connectivity index (χ1n) is 17.0. The van der Waals surface area contributed by atoms with Crippen molar-refractivity contribution in [1.82, 2.24) is 0 Å². The molecule has 0 unspecified atom stereocenters. The summed E-state index contributed by atoms with van der Waals surface area (Å²) in [7, 11) is 0. The highest BCUT2D eigenvalue weighted by molar-refractivity contribution is 5.78. The van der Waals surface area contributed by atoms with Gasteiger partial charge in [-0.3, -0.25) is 9.59 Å². The zero-order chi connectivity index (χ0) is 33.1. The number of aliphatic hydroxyl groups is 4. The molecule has 0 aromatic carbocycles. The summed E-state index contributed by atoms with van der Waals surface area (Å²) in [5, 5.41) is 64.0. The molecule has 6 N–H and O–H groups in total. The van der Waals surface area contributed by atoms with Crippen LogP contribution >= 0.6 is 0 Å². The van der Waals surface area contributed by atoms with Crippen LogP contribution in [0.5, 0.6) is 0 Å². The van der Waals surface area contributed by atoms with Gasteiger partial charge in [0.15, 0.2) is 6.29 Å². The van der Waals surface area contributed by atoms with Crippen molar-refractivity contribution in [3.05, 3.63) is 11.6 Å². The van der Waals surface area contributed by atoms with Gasteiger partial charge >= 0.3 is 11.9 Å². The molecule has 254 valence electrons. The minimum Gasteiger partial charge on any atom is -0.481 e. The molecule has 10 heteroatoms. The fourth-order valence-corrected chi connectivity index (χ4v) is 12.0. The van der Waals surface area contributed by atoms with Crippen LogP contribution in [-0.2, 0) is 19.1 Å². The Bertz CT molecular complexity index is 1260. The maximum absolute atomic E-state index is 13.2. The van der Waals surface area contributed by atoms with Gasteiger partial charge in [0.1, 0.15) is 23.7 Å². The first kappa shape index (κ1) is 33.3. The summed E-state index contributed by atoms with van der Waals surface area (Å²) in [6.07, 6.45) is 0.607. The number of carboxylic acid groups (broad SMARTS) is 2. The largest absolute Gasteiger partial charge is 0.481 e. The number of carbonyl (C=O) groups is 2. The van der Waals surface area contributed by atoms with E-state index < -0.39 is 65.0 Å². The average molecular weight is 635 g/mol. The number of hydrogen-bond acceptors (Lipinski definition) is 8. The van der Waals surface area contributed by atoms with Crippen LogP contribution in [0.3, 0.4) is 0 Å². The Balaban J connectivity index is 1.36. The highest BCUT2D eigenvalue weighted by atomic mass is 16.7. The molecule has 1 aliphatic heterocycles. The van der Waals surface area contributed by atoms with Crippen molar-refractivity contribution in [3.63, 3.8) is 0 Å². The summed E-state index contributed by atoms with van der Waals surface area (Å²) in [6, 6.07) is 0. The molecule has 0 amide bonds. The second-order valence-corrected chi connectivity index (χ2v) is 17.3. The SMILES string of the molecule is CC1(C)CC[C@]2(C(=O)O)[C@H](O)C[C@]3(C)C(=CC[C@H]4[C@@]5(C)CC[C@H](O[C@@H]6OC[C@@H](O)[C@H](O)[C@H]6O)[C@@](C)(C(=O)O)[C@@H]5CC[C@]43C)[C@@H]2C1. The molecule has 6 rings (SSSR count). The number of aliphatic hydroxyl groups excluding tert-OH is 4. The van der Waals surface area contributed by atoms with Crippen molar-refractivity contribution in [2.75, 3.05) is 6.61 Å². The third kappa shape index (κ3) is 4.34. The van der Waals surface area contributed by atoms with Crippen LogP contribution in [0.25, 0.3) is 0 Å². The normalized spacial score (nSPS) is 54.0. The molecule has 45 heavy (non-hydrogen) atoms. The molecular formula is C35H54O10. The Kier molecular flexibility index (Phi) is 7.76. The molecule has 1 saturated heterocycles. The molecule has 6 aliphatic rings. The summed E-state index contributed by atoms with van der Waals surface area (Å²) in [5.74, 6) is -2.27. The zero-order valence-corrected chi connectivity index (χ0v) is 27.7. The predicted molar refractivity (Wildman–Crippen MR) is 163 cm³/mol. The number of ether oxygens (including phenoxy) is 2. The lowest BCUT2D eigenvalue weighted by Crippen LogP contribution is -2.69. The van der Waals surface area contributed by atoms with E-state index in [0.29, 0.717) is 32.1 Å². The lowest BCUT2D eigenvalue weighted by atomic mass is 9.33. The van der Waals surface area contributed by atoms with Crippen molar-refractivity contribution in [2.24, 2.45) is 50.2 Å². The Labute approximate surface area is 266 Å².